The molecule has 2 aromatic rings. The van der Waals surface area contributed by atoms with Crippen molar-refractivity contribution < 1.29 is 10.2 Å². The first-order valence-electron chi connectivity index (χ1n) is 8.07. The quantitative estimate of drug-likeness (QED) is 0.741. The topological polar surface area (TPSA) is 52.5 Å². The Morgan fingerprint density at radius 3 is 2.82 bits per heavy atom. The van der Waals surface area contributed by atoms with Gasteiger partial charge in [-0.15, -0.1) is 11.3 Å². The van der Waals surface area contributed by atoms with Crippen molar-refractivity contribution in [2.75, 3.05) is 0 Å². The van der Waals surface area contributed by atoms with E-state index < -0.39 is 0 Å². The summed E-state index contributed by atoms with van der Waals surface area (Å²) in [5.41, 5.74) is 3.77. The number of fused-ring (bicyclic) bond motifs is 5. The van der Waals surface area contributed by atoms with Crippen molar-refractivity contribution >= 4 is 11.3 Å². The summed E-state index contributed by atoms with van der Waals surface area (Å²) in [6.45, 7) is 3.17. The third kappa shape index (κ3) is 2.13. The zero-order valence-corrected chi connectivity index (χ0v) is 13.5. The van der Waals surface area contributed by atoms with Gasteiger partial charge in [-0.1, -0.05) is 13.3 Å². The van der Waals surface area contributed by atoms with Crippen LogP contribution in [0.25, 0.3) is 0 Å². The van der Waals surface area contributed by atoms with Gasteiger partial charge < -0.3 is 15.5 Å². The summed E-state index contributed by atoms with van der Waals surface area (Å²) in [5, 5.41) is 23.4. The minimum Gasteiger partial charge on any atom is -0.504 e. The van der Waals surface area contributed by atoms with E-state index in [0.717, 1.165) is 25.8 Å². The van der Waals surface area contributed by atoms with Crippen LogP contribution >= 0.6 is 11.3 Å². The van der Waals surface area contributed by atoms with E-state index in [1.165, 1.54) is 32.9 Å². The molecule has 22 heavy (non-hydrogen) atoms. The van der Waals surface area contributed by atoms with Crippen LogP contribution in [0.3, 0.4) is 0 Å². The molecule has 1 aromatic heterocycles. The molecule has 0 amide bonds. The number of phenols is 2. The fraction of sp³-hybridized carbons (Fsp3) is 0.444. The number of benzene rings is 1. The lowest BCUT2D eigenvalue weighted by Gasteiger charge is -2.38. The number of nitrogens with one attached hydrogen (secondary N) is 1. The van der Waals surface area contributed by atoms with Crippen molar-refractivity contribution in [3.05, 3.63) is 44.6 Å². The molecule has 0 spiro atoms. The largest absolute Gasteiger partial charge is 0.504 e. The molecule has 2 aliphatic rings. The summed E-state index contributed by atoms with van der Waals surface area (Å²) in [6.07, 6.45) is 4.36. The van der Waals surface area contributed by atoms with Crippen LogP contribution in [0.15, 0.2) is 18.2 Å². The van der Waals surface area contributed by atoms with E-state index >= 15 is 0 Å². The zero-order chi connectivity index (χ0) is 15.3. The molecule has 3 nitrogen and oxygen atoms in total. The Hall–Kier alpha value is -1.52. The number of aryl methyl sites for hydroxylation is 2. The first kappa shape index (κ1) is 14.1. The lowest BCUT2D eigenvalue weighted by Crippen LogP contribution is -2.41. The zero-order valence-electron chi connectivity index (χ0n) is 12.7. The molecule has 2 heterocycles. The van der Waals surface area contributed by atoms with Crippen LogP contribution in [0.1, 0.15) is 52.1 Å². The fourth-order valence-electron chi connectivity index (χ4n) is 3.89. The summed E-state index contributed by atoms with van der Waals surface area (Å²) in [6, 6.07) is 6.31. The Labute approximate surface area is 134 Å². The third-order valence-electron chi connectivity index (χ3n) is 4.92. The fourth-order valence-corrected chi connectivity index (χ4v) is 5.36. The summed E-state index contributed by atoms with van der Waals surface area (Å²) >= 11 is 1.94. The Balaban J connectivity index is 1.83. The lowest BCUT2D eigenvalue weighted by molar-refractivity contribution is 0.383. The van der Waals surface area contributed by atoms with Crippen LogP contribution < -0.4 is 5.32 Å². The van der Waals surface area contributed by atoms with Crippen molar-refractivity contribution in [1.29, 1.82) is 0 Å². The second-order valence-electron chi connectivity index (χ2n) is 6.40. The number of hydrogen-bond acceptors (Lipinski definition) is 4. The maximum absolute atomic E-state index is 9.94. The Bertz CT molecular complexity index is 722. The predicted octanol–water partition coefficient (Wildman–Crippen LogP) is 3.66. The molecule has 0 bridgehead atoms. The highest BCUT2D eigenvalue weighted by atomic mass is 32.1. The van der Waals surface area contributed by atoms with Crippen molar-refractivity contribution in [2.24, 2.45) is 0 Å². The van der Waals surface area contributed by atoms with Gasteiger partial charge in [0.25, 0.3) is 0 Å². The normalized spacial score (nSPS) is 22.8. The van der Waals surface area contributed by atoms with Gasteiger partial charge >= 0.3 is 0 Å². The van der Waals surface area contributed by atoms with Crippen LogP contribution in [0.4, 0.5) is 0 Å². The molecule has 0 fully saturated rings. The number of phenolic OH excluding ortho intramolecular Hbond substituents is 2. The molecule has 0 saturated carbocycles. The maximum atomic E-state index is 9.94. The molecular weight excluding hydrogens is 294 g/mol. The number of hydrogen-bond donors (Lipinski definition) is 3. The second kappa shape index (κ2) is 5.28. The highest BCUT2D eigenvalue weighted by Crippen LogP contribution is 2.46. The summed E-state index contributed by atoms with van der Waals surface area (Å²) in [5.74, 6) is 0.311. The molecular formula is C18H21NO2S. The van der Waals surface area contributed by atoms with Gasteiger partial charge in [-0.3, -0.25) is 0 Å². The van der Waals surface area contributed by atoms with Gasteiger partial charge in [-0.2, -0.15) is 0 Å². The summed E-state index contributed by atoms with van der Waals surface area (Å²) in [4.78, 5) is 2.92. The SMILES string of the molecule is CCCc1cc2c(s1)[C@H]1c3cc(O)c(O)cc3CC[C@@H]1NC2. The first-order chi connectivity index (χ1) is 10.7. The van der Waals surface area contributed by atoms with Crippen molar-refractivity contribution in [1.82, 2.24) is 5.32 Å². The Morgan fingerprint density at radius 1 is 1.18 bits per heavy atom. The van der Waals surface area contributed by atoms with E-state index in [4.69, 9.17) is 0 Å². The number of rotatable bonds is 2. The molecule has 116 valence electrons. The van der Waals surface area contributed by atoms with E-state index in [0.29, 0.717) is 12.0 Å². The molecule has 1 aliphatic heterocycles. The van der Waals surface area contributed by atoms with Crippen LogP contribution in [-0.2, 0) is 19.4 Å². The van der Waals surface area contributed by atoms with Crippen molar-refractivity contribution in [3.63, 3.8) is 0 Å². The van der Waals surface area contributed by atoms with Crippen molar-refractivity contribution in [2.45, 2.75) is 51.1 Å². The second-order valence-corrected chi connectivity index (χ2v) is 7.56. The van der Waals surface area contributed by atoms with E-state index in [2.05, 4.69) is 18.3 Å². The first-order valence-corrected chi connectivity index (χ1v) is 8.88. The highest BCUT2D eigenvalue weighted by molar-refractivity contribution is 7.12. The van der Waals surface area contributed by atoms with Gasteiger partial charge in [0.15, 0.2) is 11.5 Å². The average Bonchev–Trinajstić information content (AvgIpc) is 2.91. The van der Waals surface area contributed by atoms with E-state index in [1.54, 1.807) is 12.1 Å². The molecule has 0 unspecified atom stereocenters. The Morgan fingerprint density at radius 2 is 2.00 bits per heavy atom. The van der Waals surface area contributed by atoms with Crippen LogP contribution in [0, 0.1) is 0 Å². The molecule has 0 saturated heterocycles. The van der Waals surface area contributed by atoms with Gasteiger partial charge in [0.05, 0.1) is 0 Å². The van der Waals surface area contributed by atoms with Gasteiger partial charge in [0.2, 0.25) is 0 Å². The van der Waals surface area contributed by atoms with Gasteiger partial charge in [0, 0.05) is 28.3 Å². The molecule has 0 radical (unpaired) electrons. The standard InChI is InChI=1S/C18H21NO2S/c1-2-3-12-6-11-9-19-14-5-4-10-7-15(20)16(21)8-13(10)17(14)18(11)22-12/h6-8,14,17,19-21H,2-5,9H2,1H3/t14-,17-/m0/s1. The van der Waals surface area contributed by atoms with E-state index in [1.807, 2.05) is 11.3 Å². The number of thiophene rings is 1. The summed E-state index contributed by atoms with van der Waals surface area (Å²) in [7, 11) is 0. The molecule has 1 aliphatic carbocycles. The lowest BCUT2D eigenvalue weighted by atomic mass is 9.75. The highest BCUT2D eigenvalue weighted by Gasteiger charge is 2.36. The molecule has 2 atom stereocenters. The van der Waals surface area contributed by atoms with Gasteiger partial charge in [-0.25, -0.2) is 0 Å². The maximum Gasteiger partial charge on any atom is 0.157 e. The predicted molar refractivity (Wildman–Crippen MR) is 88.9 cm³/mol. The van der Waals surface area contributed by atoms with Gasteiger partial charge in [-0.05, 0) is 54.2 Å². The number of aromatic hydroxyl groups is 2. The third-order valence-corrected chi connectivity index (χ3v) is 6.25. The Kier molecular flexibility index (Phi) is 3.39. The smallest absolute Gasteiger partial charge is 0.157 e. The molecule has 4 rings (SSSR count). The van der Waals surface area contributed by atoms with Crippen molar-refractivity contribution in [3.8, 4) is 11.5 Å². The van der Waals surface area contributed by atoms with E-state index in [9.17, 15) is 10.2 Å². The molecule has 3 N–H and O–H groups in total. The summed E-state index contributed by atoms with van der Waals surface area (Å²) < 4.78 is 0. The van der Waals surface area contributed by atoms with Crippen LogP contribution in [0.5, 0.6) is 11.5 Å². The molecule has 1 aromatic carbocycles. The average molecular weight is 315 g/mol. The molecule has 4 heteroatoms. The minimum absolute atomic E-state index is 0.000885. The van der Waals surface area contributed by atoms with E-state index in [-0.39, 0.29) is 11.5 Å². The van der Waals surface area contributed by atoms with Gasteiger partial charge in [0.1, 0.15) is 0 Å². The van der Waals surface area contributed by atoms with Crippen LogP contribution in [-0.4, -0.2) is 16.3 Å². The van der Waals surface area contributed by atoms with Crippen LogP contribution in [0.2, 0.25) is 0 Å². The minimum atomic E-state index is -0.00291. The monoisotopic (exact) mass is 315 g/mol.